The Bertz CT molecular complexity index is 313. The summed E-state index contributed by atoms with van der Waals surface area (Å²) in [5, 5.41) is 0. The summed E-state index contributed by atoms with van der Waals surface area (Å²) >= 11 is 0. The van der Waals surface area contributed by atoms with Crippen molar-refractivity contribution in [3.8, 4) is 0 Å². The summed E-state index contributed by atoms with van der Waals surface area (Å²) < 4.78 is 26.6. The molecule has 2 saturated heterocycles. The summed E-state index contributed by atoms with van der Waals surface area (Å²) in [6, 6.07) is 0. The zero-order valence-electron chi connectivity index (χ0n) is 10.9. The summed E-state index contributed by atoms with van der Waals surface area (Å²) in [4.78, 5) is 19.1. The predicted octanol–water partition coefficient (Wildman–Crippen LogP) is 0.271. The van der Waals surface area contributed by atoms with Gasteiger partial charge in [-0.1, -0.05) is 0 Å². The number of ether oxygens (including phenoxy) is 3. The van der Waals surface area contributed by atoms with Crippen molar-refractivity contribution in [2.24, 2.45) is 0 Å². The molecule has 2 aliphatic heterocycles. The van der Waals surface area contributed by atoms with Crippen molar-refractivity contribution in [2.45, 2.75) is 43.9 Å². The molecule has 5 unspecified atom stereocenters. The maximum atomic E-state index is 9.57. The molecule has 0 aromatic heterocycles. The van der Waals surface area contributed by atoms with E-state index in [4.69, 9.17) is 18.7 Å². The summed E-state index contributed by atoms with van der Waals surface area (Å²) in [5.74, 6) is 0. The Morgan fingerprint density at radius 1 is 1.28 bits per heavy atom. The highest BCUT2D eigenvalue weighted by Gasteiger charge is 2.69. The third-order valence-electron chi connectivity index (χ3n) is 3.56. The van der Waals surface area contributed by atoms with Crippen LogP contribution in [0.3, 0.4) is 0 Å². The van der Waals surface area contributed by atoms with Crippen LogP contribution in [0, 0.1) is 0 Å². The van der Waals surface area contributed by atoms with Gasteiger partial charge in [-0.15, -0.1) is 4.52 Å². The fraction of sp³-hybridized carbons (Fsp3) is 1.00. The van der Waals surface area contributed by atoms with Crippen LogP contribution in [-0.4, -0.2) is 60.6 Å². The lowest BCUT2D eigenvalue weighted by molar-refractivity contribution is -0.193. The zero-order valence-corrected chi connectivity index (χ0v) is 11.8. The first-order chi connectivity index (χ1) is 8.36. The van der Waals surface area contributed by atoms with Gasteiger partial charge in [-0.3, -0.25) is 0 Å². The van der Waals surface area contributed by atoms with Crippen molar-refractivity contribution in [3.63, 3.8) is 0 Å². The lowest BCUT2D eigenvalue weighted by Gasteiger charge is -2.34. The van der Waals surface area contributed by atoms with Crippen molar-refractivity contribution in [2.75, 3.05) is 20.8 Å². The minimum atomic E-state index is -3.84. The molecule has 8 heteroatoms. The second-order valence-electron chi connectivity index (χ2n) is 4.65. The molecule has 0 aromatic carbocycles. The van der Waals surface area contributed by atoms with Gasteiger partial charge < -0.3 is 14.2 Å². The van der Waals surface area contributed by atoms with Gasteiger partial charge in [-0.25, -0.2) is 0 Å². The van der Waals surface area contributed by atoms with Crippen LogP contribution in [0.1, 0.15) is 13.8 Å². The van der Waals surface area contributed by atoms with E-state index in [1.54, 1.807) is 7.11 Å². The van der Waals surface area contributed by atoms with Crippen molar-refractivity contribution in [1.82, 2.24) is 0 Å². The molecule has 0 aromatic rings. The molecule has 2 heterocycles. The van der Waals surface area contributed by atoms with E-state index < -0.39 is 19.9 Å². The Labute approximate surface area is 107 Å². The smallest absolute Gasteiger partial charge is 0.381 e. The first-order valence-electron chi connectivity index (χ1n) is 5.77. The molecule has 2 fully saturated rings. The molecule has 7 nitrogen and oxygen atoms in total. The lowest BCUT2D eigenvalue weighted by Crippen LogP contribution is -2.50. The maximum absolute atomic E-state index is 9.57. The third kappa shape index (κ3) is 2.19. The lowest BCUT2D eigenvalue weighted by atomic mass is 9.94. The van der Waals surface area contributed by atoms with Crippen LogP contribution in [0.15, 0.2) is 0 Å². The molecule has 0 amide bonds. The maximum Gasteiger partial charge on any atom is 0.570 e. The molecule has 0 saturated carbocycles. The van der Waals surface area contributed by atoms with Gasteiger partial charge in [0.2, 0.25) is 0 Å². The highest BCUT2D eigenvalue weighted by Crippen LogP contribution is 2.58. The van der Waals surface area contributed by atoms with Crippen molar-refractivity contribution in [3.05, 3.63) is 0 Å². The van der Waals surface area contributed by atoms with Crippen molar-refractivity contribution >= 4 is 8.17 Å². The average Bonchev–Trinajstić information content (AvgIpc) is 2.68. The Hall–Kier alpha value is 0.150. The molecule has 0 radical (unpaired) electrons. The molecule has 2 N–H and O–H groups in total. The largest absolute Gasteiger partial charge is 0.570 e. The minimum absolute atomic E-state index is 0.196. The van der Waals surface area contributed by atoms with Gasteiger partial charge in [-0.2, -0.15) is 14.3 Å². The monoisotopic (exact) mass is 283 g/mol. The van der Waals surface area contributed by atoms with Gasteiger partial charge in [0.05, 0.1) is 25.9 Å². The van der Waals surface area contributed by atoms with E-state index in [1.165, 1.54) is 7.11 Å². The fourth-order valence-electron chi connectivity index (χ4n) is 2.66. The Morgan fingerprint density at radius 3 is 2.50 bits per heavy atom. The van der Waals surface area contributed by atoms with E-state index in [9.17, 15) is 9.79 Å². The van der Waals surface area contributed by atoms with E-state index >= 15 is 0 Å². The van der Waals surface area contributed by atoms with Crippen molar-refractivity contribution in [1.29, 1.82) is 0 Å². The fourth-order valence-corrected chi connectivity index (χ4v) is 3.34. The molecule has 18 heavy (non-hydrogen) atoms. The predicted molar refractivity (Wildman–Crippen MR) is 62.7 cm³/mol. The Morgan fingerprint density at radius 2 is 1.94 bits per heavy atom. The van der Waals surface area contributed by atoms with Crippen LogP contribution < -0.4 is 0 Å². The highest BCUT2D eigenvalue weighted by atomic mass is 31.2. The van der Waals surface area contributed by atoms with Crippen LogP contribution in [0.2, 0.25) is 0 Å². The Balaban J connectivity index is 2.22. The van der Waals surface area contributed by atoms with Crippen molar-refractivity contribution < 1.29 is 33.0 Å². The van der Waals surface area contributed by atoms with Crippen LogP contribution in [-0.2, 0) is 23.3 Å². The van der Waals surface area contributed by atoms with E-state index in [0.29, 0.717) is 0 Å². The molecular formula is C10H20O7P+. The summed E-state index contributed by atoms with van der Waals surface area (Å²) in [7, 11) is -1.11. The minimum Gasteiger partial charge on any atom is -0.381 e. The van der Waals surface area contributed by atoms with Gasteiger partial charge in [-0.05, 0) is 13.8 Å². The topological polar surface area (TPSA) is 86.6 Å². The summed E-state index contributed by atoms with van der Waals surface area (Å²) in [6.07, 6.45) is -1.42. The molecule has 0 spiro atoms. The molecule has 106 valence electrons. The molecule has 2 aliphatic rings. The number of methoxy groups -OCH3 is 1. The van der Waals surface area contributed by atoms with Gasteiger partial charge in [0.1, 0.15) is 6.10 Å². The molecular weight excluding hydrogens is 263 g/mol. The number of hydrogen-bond acceptors (Lipinski definition) is 7. The van der Waals surface area contributed by atoms with E-state index in [0.717, 1.165) is 0 Å². The zero-order chi connectivity index (χ0) is 13.6. The molecule has 2 bridgehead atoms. The summed E-state index contributed by atoms with van der Waals surface area (Å²) in [6.45, 7) is 3.96. The van der Waals surface area contributed by atoms with Gasteiger partial charge >= 0.3 is 8.17 Å². The standard InChI is InChI=1S/C10H20O7P/c1-6-8-9(17-18(11,12)14-4)10(16-6,5-13-3)7(2)15-8/h6-9,11-12H,5H2,1-4H3/q+1. The highest BCUT2D eigenvalue weighted by molar-refractivity contribution is 7.54. The second kappa shape index (κ2) is 4.92. The Kier molecular flexibility index (Phi) is 3.98. The number of hydrogen-bond donors (Lipinski definition) is 2. The molecule has 0 aliphatic carbocycles. The first-order valence-corrected chi connectivity index (χ1v) is 7.30. The van der Waals surface area contributed by atoms with Gasteiger partial charge in [0.15, 0.2) is 11.7 Å². The van der Waals surface area contributed by atoms with Gasteiger partial charge in [0.25, 0.3) is 0 Å². The van der Waals surface area contributed by atoms with Crippen LogP contribution >= 0.6 is 8.17 Å². The second-order valence-corrected chi connectivity index (χ2v) is 6.21. The van der Waals surface area contributed by atoms with E-state index in [1.807, 2.05) is 13.8 Å². The molecule has 5 atom stereocenters. The van der Waals surface area contributed by atoms with Crippen LogP contribution in [0.4, 0.5) is 0 Å². The van der Waals surface area contributed by atoms with E-state index in [-0.39, 0.29) is 24.9 Å². The van der Waals surface area contributed by atoms with Crippen LogP contribution in [0.5, 0.6) is 0 Å². The van der Waals surface area contributed by atoms with Gasteiger partial charge in [0, 0.05) is 7.11 Å². The normalized spacial score (nSPS) is 43.7. The number of rotatable bonds is 5. The summed E-state index contributed by atoms with van der Waals surface area (Å²) in [5.41, 5.74) is -0.825. The first kappa shape index (κ1) is 14.6. The average molecular weight is 283 g/mol. The third-order valence-corrected chi connectivity index (χ3v) is 4.53. The SMILES string of the molecule is COCC12OC(C)C(OC1C)C2O[P+](O)(O)OC. The van der Waals surface area contributed by atoms with E-state index in [2.05, 4.69) is 4.52 Å². The number of fused-ring (bicyclic) bond motifs is 2. The van der Waals surface area contributed by atoms with Crippen LogP contribution in [0.25, 0.3) is 0 Å². The molecule has 2 rings (SSSR count). The quantitative estimate of drug-likeness (QED) is 0.700.